The highest BCUT2D eigenvalue weighted by atomic mass is 16.3. The smallest absolute Gasteiger partial charge is 0.136 e. The summed E-state index contributed by atoms with van der Waals surface area (Å²) in [6.07, 6.45) is 0. The van der Waals surface area contributed by atoms with E-state index in [-0.39, 0.29) is 5.41 Å². The largest absolute Gasteiger partial charge is 0.456 e. The zero-order chi connectivity index (χ0) is 35.5. The highest BCUT2D eigenvalue weighted by Gasteiger charge is 2.35. The summed E-state index contributed by atoms with van der Waals surface area (Å²) < 4.78 is 6.30. The van der Waals surface area contributed by atoms with Crippen molar-refractivity contribution in [3.8, 4) is 44.5 Å². The van der Waals surface area contributed by atoms with Crippen LogP contribution < -0.4 is 4.90 Å². The molecule has 0 saturated heterocycles. The van der Waals surface area contributed by atoms with E-state index in [4.69, 9.17) is 4.42 Å². The summed E-state index contributed by atoms with van der Waals surface area (Å²) in [6, 6.07) is 67.9. The van der Waals surface area contributed by atoms with Gasteiger partial charge in [0.15, 0.2) is 0 Å². The fourth-order valence-corrected chi connectivity index (χ4v) is 8.40. The molecular weight excluding hydrogens is 643 g/mol. The summed E-state index contributed by atoms with van der Waals surface area (Å²) in [5.41, 5.74) is 17.5. The van der Waals surface area contributed by atoms with E-state index in [9.17, 15) is 0 Å². The van der Waals surface area contributed by atoms with Crippen molar-refractivity contribution in [2.75, 3.05) is 4.90 Å². The van der Waals surface area contributed by atoms with Crippen molar-refractivity contribution in [1.29, 1.82) is 0 Å². The molecular formula is C51H37NO. The molecule has 0 unspecified atom stereocenters. The second-order valence-corrected chi connectivity index (χ2v) is 14.6. The van der Waals surface area contributed by atoms with Crippen LogP contribution in [0.5, 0.6) is 0 Å². The third kappa shape index (κ3) is 5.18. The van der Waals surface area contributed by atoms with Gasteiger partial charge in [-0.15, -0.1) is 0 Å². The zero-order valence-corrected chi connectivity index (χ0v) is 29.8. The number of rotatable bonds is 6. The summed E-state index contributed by atoms with van der Waals surface area (Å²) in [7, 11) is 0. The van der Waals surface area contributed by atoms with Crippen LogP contribution in [0.25, 0.3) is 66.4 Å². The Morgan fingerprint density at radius 2 is 0.943 bits per heavy atom. The third-order valence-electron chi connectivity index (χ3n) is 11.1. The van der Waals surface area contributed by atoms with Gasteiger partial charge >= 0.3 is 0 Å². The first kappa shape index (κ1) is 31.1. The number of hydrogen-bond acceptors (Lipinski definition) is 2. The molecule has 0 radical (unpaired) electrons. The fraction of sp³-hybridized carbons (Fsp3) is 0.0588. The number of furan rings is 1. The lowest BCUT2D eigenvalue weighted by Crippen LogP contribution is -2.14. The Morgan fingerprint density at radius 3 is 1.74 bits per heavy atom. The Morgan fingerprint density at radius 1 is 0.377 bits per heavy atom. The molecule has 8 aromatic carbocycles. The van der Waals surface area contributed by atoms with Crippen molar-refractivity contribution in [3.63, 3.8) is 0 Å². The zero-order valence-electron chi connectivity index (χ0n) is 29.8. The van der Waals surface area contributed by atoms with Gasteiger partial charge in [-0.3, -0.25) is 0 Å². The topological polar surface area (TPSA) is 16.4 Å². The molecule has 1 aromatic heterocycles. The molecule has 0 saturated carbocycles. The molecule has 1 aliphatic carbocycles. The number of hydrogen-bond donors (Lipinski definition) is 0. The van der Waals surface area contributed by atoms with Crippen LogP contribution in [0.1, 0.15) is 25.0 Å². The van der Waals surface area contributed by atoms with Crippen molar-refractivity contribution in [2.24, 2.45) is 0 Å². The van der Waals surface area contributed by atoms with Crippen molar-refractivity contribution < 1.29 is 4.42 Å². The molecule has 0 fully saturated rings. The highest BCUT2D eigenvalue weighted by Crippen LogP contribution is 2.50. The predicted octanol–water partition coefficient (Wildman–Crippen LogP) is 14.4. The monoisotopic (exact) mass is 679 g/mol. The molecule has 252 valence electrons. The molecule has 10 rings (SSSR count). The molecule has 0 spiro atoms. The lowest BCUT2D eigenvalue weighted by atomic mass is 9.81. The predicted molar refractivity (Wildman–Crippen MR) is 222 cm³/mol. The molecule has 2 heteroatoms. The van der Waals surface area contributed by atoms with Gasteiger partial charge in [0.1, 0.15) is 11.2 Å². The average Bonchev–Trinajstić information content (AvgIpc) is 3.70. The van der Waals surface area contributed by atoms with Crippen LogP contribution in [0.4, 0.5) is 17.1 Å². The van der Waals surface area contributed by atoms with Crippen molar-refractivity contribution >= 4 is 39.0 Å². The normalized spacial score (nSPS) is 12.9. The molecule has 0 bridgehead atoms. The van der Waals surface area contributed by atoms with Crippen LogP contribution in [-0.4, -0.2) is 0 Å². The third-order valence-corrected chi connectivity index (χ3v) is 11.1. The Kier molecular flexibility index (Phi) is 7.19. The van der Waals surface area contributed by atoms with E-state index in [1.165, 1.54) is 44.5 Å². The first-order chi connectivity index (χ1) is 26.0. The van der Waals surface area contributed by atoms with Crippen LogP contribution in [0.2, 0.25) is 0 Å². The van der Waals surface area contributed by atoms with Gasteiger partial charge < -0.3 is 9.32 Å². The van der Waals surface area contributed by atoms with Gasteiger partial charge in [-0.25, -0.2) is 0 Å². The minimum absolute atomic E-state index is 0.0635. The Bertz CT molecular complexity index is 2820. The average molecular weight is 680 g/mol. The summed E-state index contributed by atoms with van der Waals surface area (Å²) >= 11 is 0. The molecule has 0 amide bonds. The highest BCUT2D eigenvalue weighted by molar-refractivity contribution is 6.06. The van der Waals surface area contributed by atoms with E-state index in [0.717, 1.165) is 50.1 Å². The molecule has 0 aliphatic heterocycles. The quantitative estimate of drug-likeness (QED) is 0.174. The summed E-state index contributed by atoms with van der Waals surface area (Å²) in [4.78, 5) is 2.40. The van der Waals surface area contributed by atoms with Crippen molar-refractivity contribution in [2.45, 2.75) is 19.3 Å². The summed E-state index contributed by atoms with van der Waals surface area (Å²) in [5.74, 6) is 0. The Labute approximate surface area is 310 Å². The Hall–Kier alpha value is -6.64. The lowest BCUT2D eigenvalue weighted by Gasteiger charge is -2.29. The second-order valence-electron chi connectivity index (χ2n) is 14.6. The first-order valence-corrected chi connectivity index (χ1v) is 18.3. The first-order valence-electron chi connectivity index (χ1n) is 18.3. The molecule has 0 atom stereocenters. The van der Waals surface area contributed by atoms with Gasteiger partial charge in [-0.1, -0.05) is 147 Å². The molecule has 1 heterocycles. The van der Waals surface area contributed by atoms with E-state index in [1.807, 2.05) is 12.1 Å². The molecule has 53 heavy (non-hydrogen) atoms. The minimum atomic E-state index is -0.0635. The van der Waals surface area contributed by atoms with Crippen LogP contribution in [0.3, 0.4) is 0 Å². The summed E-state index contributed by atoms with van der Waals surface area (Å²) in [6.45, 7) is 4.69. The minimum Gasteiger partial charge on any atom is -0.456 e. The maximum absolute atomic E-state index is 6.30. The van der Waals surface area contributed by atoms with Gasteiger partial charge in [-0.05, 0) is 105 Å². The van der Waals surface area contributed by atoms with E-state index < -0.39 is 0 Å². The van der Waals surface area contributed by atoms with Gasteiger partial charge in [-0.2, -0.15) is 0 Å². The Balaban J connectivity index is 1.12. The van der Waals surface area contributed by atoms with Crippen LogP contribution in [-0.2, 0) is 5.41 Å². The summed E-state index contributed by atoms with van der Waals surface area (Å²) in [5, 5.41) is 2.28. The number of anilines is 3. The number of nitrogens with zero attached hydrogens (tertiary/aromatic N) is 1. The second kappa shape index (κ2) is 12.3. The van der Waals surface area contributed by atoms with E-state index in [1.54, 1.807) is 0 Å². The van der Waals surface area contributed by atoms with E-state index >= 15 is 0 Å². The van der Waals surface area contributed by atoms with E-state index in [2.05, 4.69) is 195 Å². The number of fused-ring (bicyclic) bond motifs is 6. The van der Waals surface area contributed by atoms with Crippen molar-refractivity contribution in [3.05, 3.63) is 199 Å². The lowest BCUT2D eigenvalue weighted by molar-refractivity contribution is 0.660. The number of benzene rings is 8. The molecule has 1 aliphatic rings. The molecule has 2 nitrogen and oxygen atoms in total. The van der Waals surface area contributed by atoms with Crippen molar-refractivity contribution in [1.82, 2.24) is 0 Å². The fourth-order valence-electron chi connectivity index (χ4n) is 8.40. The SMILES string of the molecule is CC1(C)c2ccccc2-c2ccc(-c3cccc(N(c4cccc(-c5ccc6c(c5)oc5ccccc56)c4)c4ccccc4-c4ccccc4)c3)cc21. The standard InChI is InChI=1S/C51H37NO/c1-51(2)46-23-9-6-21-42(46)43-28-26-37(32-47(43)51)35-16-12-18-39(30-35)52(48-24-10-7-20-41(48)34-14-4-3-5-15-34)40-19-13-17-36(31-40)38-27-29-45-44-22-8-11-25-49(44)53-50(45)33-38/h3-33H,1-2H3. The molecule has 0 N–H and O–H groups in total. The number of para-hydroxylation sites is 2. The van der Waals surface area contributed by atoms with Crippen LogP contribution in [0, 0.1) is 0 Å². The van der Waals surface area contributed by atoms with Crippen LogP contribution in [0.15, 0.2) is 192 Å². The maximum atomic E-state index is 6.30. The van der Waals surface area contributed by atoms with Gasteiger partial charge in [0, 0.05) is 33.1 Å². The van der Waals surface area contributed by atoms with E-state index in [0.29, 0.717) is 0 Å². The molecule has 9 aromatic rings. The van der Waals surface area contributed by atoms with Gasteiger partial charge in [0.05, 0.1) is 5.69 Å². The van der Waals surface area contributed by atoms with Gasteiger partial charge in [0.25, 0.3) is 0 Å². The van der Waals surface area contributed by atoms with Crippen LogP contribution >= 0.6 is 0 Å². The van der Waals surface area contributed by atoms with Gasteiger partial charge in [0.2, 0.25) is 0 Å². The maximum Gasteiger partial charge on any atom is 0.136 e.